The third-order valence-electron chi connectivity index (χ3n) is 9.11. The molecule has 7 rings (SSSR count). The Morgan fingerprint density at radius 2 is 1.69 bits per heavy atom. The lowest BCUT2D eigenvalue weighted by molar-refractivity contribution is 0.0927. The van der Waals surface area contributed by atoms with Crippen LogP contribution in [-0.2, 0) is 17.9 Å². The van der Waals surface area contributed by atoms with Crippen LogP contribution in [0, 0.1) is 11.8 Å². The summed E-state index contributed by atoms with van der Waals surface area (Å²) in [7, 11) is 0. The second-order valence-corrected chi connectivity index (χ2v) is 13.1. The Morgan fingerprint density at radius 1 is 0.933 bits per heavy atom. The van der Waals surface area contributed by atoms with Gasteiger partial charge in [0.2, 0.25) is 11.8 Å². The summed E-state index contributed by atoms with van der Waals surface area (Å²) in [6.45, 7) is 5.51. The Hall–Kier alpha value is -3.65. The molecule has 1 saturated carbocycles. The highest BCUT2D eigenvalue weighted by Crippen LogP contribution is 2.41. The van der Waals surface area contributed by atoms with E-state index in [9.17, 15) is 0 Å². The summed E-state index contributed by atoms with van der Waals surface area (Å²) in [5, 5.41) is 0.854. The Labute approximate surface area is 274 Å². The maximum absolute atomic E-state index is 6.73. The first-order valence-electron chi connectivity index (χ1n) is 15.8. The van der Waals surface area contributed by atoms with Crippen molar-refractivity contribution in [2.24, 2.45) is 11.8 Å². The fourth-order valence-electron chi connectivity index (χ4n) is 6.70. The third-order valence-corrected chi connectivity index (χ3v) is 9.51. The smallest absolute Gasteiger partial charge is 0.223 e. The Kier molecular flexibility index (Phi) is 8.92. The zero-order chi connectivity index (χ0) is 30.8. The molecule has 1 aliphatic heterocycles. The monoisotopic (exact) mass is 641 g/mol. The summed E-state index contributed by atoms with van der Waals surface area (Å²) in [6, 6.07) is 24.4. The van der Waals surface area contributed by atoms with Crippen molar-refractivity contribution in [1.29, 1.82) is 0 Å². The second kappa shape index (κ2) is 13.4. The van der Waals surface area contributed by atoms with E-state index >= 15 is 0 Å². The van der Waals surface area contributed by atoms with E-state index < -0.39 is 0 Å². The summed E-state index contributed by atoms with van der Waals surface area (Å²) >= 11 is 13.3. The molecule has 0 spiro atoms. The largest absolute Gasteiger partial charge is 0.472 e. The van der Waals surface area contributed by atoms with Gasteiger partial charge in [-0.3, -0.25) is 0 Å². The minimum Gasteiger partial charge on any atom is -0.472 e. The molecular weight excluding hydrogens is 605 g/mol. The number of hydrogen-bond acceptors (Lipinski definition) is 6. The number of halogens is 2. The van der Waals surface area contributed by atoms with Gasteiger partial charge in [0.1, 0.15) is 17.5 Å². The molecule has 232 valence electrons. The van der Waals surface area contributed by atoms with E-state index in [0.717, 1.165) is 41.6 Å². The predicted octanol–water partition coefficient (Wildman–Crippen LogP) is 8.78. The predicted molar refractivity (Wildman–Crippen MR) is 180 cm³/mol. The highest BCUT2D eigenvalue weighted by Gasteiger charge is 2.32. The van der Waals surface area contributed by atoms with Gasteiger partial charge in [0.15, 0.2) is 0 Å². The van der Waals surface area contributed by atoms with Crippen molar-refractivity contribution in [2.75, 3.05) is 24.7 Å². The van der Waals surface area contributed by atoms with E-state index in [-0.39, 0.29) is 6.04 Å². The standard InChI is InChI=1S/C36H37Cl2N5O2/c1-24-12-14-25(15-13-24)21-43-34-30(40-36(43)42-16-17-44-23-31(42)27-10-6-3-7-11-27)19-32(38)41-33(34)29-18-28(37)20-39-35(29)45-22-26-8-4-2-5-9-26/h2-11,18-20,24-25,31H,12-17,21-23H2,1H3. The van der Waals surface area contributed by atoms with E-state index in [1.54, 1.807) is 6.20 Å². The lowest BCUT2D eigenvalue weighted by Gasteiger charge is -2.37. The molecule has 5 aromatic rings. The normalized spacial score (nSPS) is 20.4. The fraction of sp³-hybridized carbons (Fsp3) is 0.361. The first-order valence-corrected chi connectivity index (χ1v) is 16.6. The number of fused-ring (bicyclic) bond motifs is 1. The number of benzene rings is 2. The molecule has 4 heterocycles. The second-order valence-electron chi connectivity index (χ2n) is 12.3. The molecule has 3 aromatic heterocycles. The van der Waals surface area contributed by atoms with Crippen molar-refractivity contribution in [3.05, 3.63) is 100 Å². The summed E-state index contributed by atoms with van der Waals surface area (Å²) < 4.78 is 14.7. The Balaban J connectivity index is 1.38. The van der Waals surface area contributed by atoms with Crippen LogP contribution in [-0.4, -0.2) is 39.3 Å². The zero-order valence-electron chi connectivity index (χ0n) is 25.4. The van der Waals surface area contributed by atoms with Crippen LogP contribution in [0.15, 0.2) is 79.0 Å². The van der Waals surface area contributed by atoms with Gasteiger partial charge >= 0.3 is 0 Å². The number of ether oxygens (including phenoxy) is 2. The number of nitrogens with zero attached hydrogens (tertiary/aromatic N) is 5. The van der Waals surface area contributed by atoms with Gasteiger partial charge in [-0.15, -0.1) is 0 Å². The van der Waals surface area contributed by atoms with Gasteiger partial charge < -0.3 is 18.9 Å². The summed E-state index contributed by atoms with van der Waals surface area (Å²) in [4.78, 5) is 17.2. The van der Waals surface area contributed by atoms with E-state index in [1.807, 2.05) is 48.5 Å². The molecule has 2 aliphatic rings. The molecule has 0 radical (unpaired) electrons. The van der Waals surface area contributed by atoms with Crippen LogP contribution < -0.4 is 9.64 Å². The first-order chi connectivity index (χ1) is 22.0. The highest BCUT2D eigenvalue weighted by atomic mass is 35.5. The van der Waals surface area contributed by atoms with Crippen LogP contribution in [0.4, 0.5) is 5.95 Å². The minimum absolute atomic E-state index is 0.0337. The number of rotatable bonds is 8. The molecule has 1 aliphatic carbocycles. The molecule has 9 heteroatoms. The number of imidazole rings is 1. The van der Waals surface area contributed by atoms with Crippen LogP contribution in [0.5, 0.6) is 5.88 Å². The van der Waals surface area contributed by atoms with Crippen molar-refractivity contribution in [3.8, 4) is 17.1 Å². The summed E-state index contributed by atoms with van der Waals surface area (Å²) in [5.41, 5.74) is 5.31. The molecule has 7 nitrogen and oxygen atoms in total. The topological polar surface area (TPSA) is 65.3 Å². The van der Waals surface area contributed by atoms with E-state index in [1.165, 1.54) is 31.2 Å². The molecule has 1 saturated heterocycles. The maximum atomic E-state index is 6.73. The van der Waals surface area contributed by atoms with Gasteiger partial charge in [-0.1, -0.05) is 104 Å². The maximum Gasteiger partial charge on any atom is 0.223 e. The average molecular weight is 643 g/mol. The lowest BCUT2D eigenvalue weighted by atomic mass is 9.83. The molecule has 1 atom stereocenters. The summed E-state index contributed by atoms with van der Waals surface area (Å²) in [6.07, 6.45) is 6.46. The van der Waals surface area contributed by atoms with Gasteiger partial charge in [-0.2, -0.15) is 0 Å². The molecule has 0 N–H and O–H groups in total. The number of aromatic nitrogens is 4. The minimum atomic E-state index is 0.0337. The first kappa shape index (κ1) is 30.0. The van der Waals surface area contributed by atoms with Gasteiger partial charge in [0, 0.05) is 25.4 Å². The highest BCUT2D eigenvalue weighted by molar-refractivity contribution is 6.31. The number of anilines is 1. The van der Waals surface area contributed by atoms with Crippen LogP contribution in [0.3, 0.4) is 0 Å². The van der Waals surface area contributed by atoms with Crippen molar-refractivity contribution in [1.82, 2.24) is 19.5 Å². The van der Waals surface area contributed by atoms with Crippen LogP contribution in [0.1, 0.15) is 49.8 Å². The molecular formula is C36H37Cl2N5O2. The SMILES string of the molecule is CC1CCC(Cn2c(N3CCOCC3c3ccccc3)nc3cc(Cl)nc(-c4cc(Cl)cnc4OCc4ccccc4)c32)CC1. The third kappa shape index (κ3) is 6.53. The molecule has 0 bridgehead atoms. The van der Waals surface area contributed by atoms with Gasteiger partial charge in [-0.05, 0) is 41.9 Å². The molecule has 2 fully saturated rings. The summed E-state index contributed by atoms with van der Waals surface area (Å²) in [5.74, 6) is 2.66. The van der Waals surface area contributed by atoms with Crippen LogP contribution in [0.2, 0.25) is 10.2 Å². The Bertz CT molecular complexity index is 1760. The molecule has 45 heavy (non-hydrogen) atoms. The Morgan fingerprint density at radius 3 is 2.47 bits per heavy atom. The zero-order valence-corrected chi connectivity index (χ0v) is 26.9. The van der Waals surface area contributed by atoms with Crippen molar-refractivity contribution in [2.45, 2.75) is 51.8 Å². The van der Waals surface area contributed by atoms with Crippen molar-refractivity contribution < 1.29 is 9.47 Å². The van der Waals surface area contributed by atoms with Gasteiger partial charge in [-0.25, -0.2) is 15.0 Å². The van der Waals surface area contributed by atoms with Crippen molar-refractivity contribution >= 4 is 40.2 Å². The van der Waals surface area contributed by atoms with Gasteiger partial charge in [0.05, 0.1) is 40.9 Å². The number of hydrogen-bond donors (Lipinski definition) is 0. The van der Waals surface area contributed by atoms with E-state index in [0.29, 0.717) is 53.1 Å². The van der Waals surface area contributed by atoms with E-state index in [2.05, 4.69) is 45.6 Å². The van der Waals surface area contributed by atoms with Gasteiger partial charge in [0.25, 0.3) is 0 Å². The fourth-order valence-corrected chi connectivity index (χ4v) is 7.04. The quantitative estimate of drug-likeness (QED) is 0.158. The molecule has 0 amide bonds. The number of morpholine rings is 1. The van der Waals surface area contributed by atoms with Crippen molar-refractivity contribution in [3.63, 3.8) is 0 Å². The van der Waals surface area contributed by atoms with E-state index in [4.69, 9.17) is 42.6 Å². The van der Waals surface area contributed by atoms with Crippen LogP contribution >= 0.6 is 23.2 Å². The average Bonchev–Trinajstić information content (AvgIpc) is 3.43. The molecule has 2 aromatic carbocycles. The lowest BCUT2D eigenvalue weighted by Crippen LogP contribution is -2.41. The molecule has 1 unspecified atom stereocenters. The van der Waals surface area contributed by atoms with Crippen LogP contribution in [0.25, 0.3) is 22.3 Å². The number of pyridine rings is 2.